The second kappa shape index (κ2) is 7.73. The van der Waals surface area contributed by atoms with Gasteiger partial charge in [-0.1, -0.05) is 59.1 Å². The highest BCUT2D eigenvalue weighted by molar-refractivity contribution is 6.35. The van der Waals surface area contributed by atoms with Crippen LogP contribution in [0.2, 0.25) is 10.0 Å². The Balaban J connectivity index is 1.64. The Kier molecular flexibility index (Phi) is 5.05. The number of carbonyl (C=O) groups is 1. The first-order chi connectivity index (χ1) is 14.5. The summed E-state index contributed by atoms with van der Waals surface area (Å²) in [4.78, 5) is 15.2. The van der Waals surface area contributed by atoms with Gasteiger partial charge in [0.25, 0.3) is 5.91 Å². The van der Waals surface area contributed by atoms with Crippen LogP contribution in [-0.4, -0.2) is 40.3 Å². The van der Waals surface area contributed by atoms with Gasteiger partial charge in [0.1, 0.15) is 5.69 Å². The third-order valence-corrected chi connectivity index (χ3v) is 6.43. The van der Waals surface area contributed by atoms with Crippen molar-refractivity contribution in [3.63, 3.8) is 0 Å². The molecule has 1 amide bonds. The van der Waals surface area contributed by atoms with Crippen molar-refractivity contribution in [2.45, 2.75) is 31.9 Å². The number of benzene rings is 2. The number of hydrogen-bond acceptors (Lipinski definition) is 3. The molecule has 30 heavy (non-hydrogen) atoms. The van der Waals surface area contributed by atoms with Gasteiger partial charge in [-0.15, -0.1) is 0 Å². The molecule has 0 saturated carbocycles. The molecule has 5 nitrogen and oxygen atoms in total. The molecule has 1 saturated heterocycles. The number of rotatable bonds is 4. The largest absolute Gasteiger partial charge is 0.376 e. The molecule has 2 aliphatic heterocycles. The summed E-state index contributed by atoms with van der Waals surface area (Å²) in [5.74, 6) is -0.0811. The molecule has 3 heterocycles. The summed E-state index contributed by atoms with van der Waals surface area (Å²) in [6, 6.07) is 13.2. The van der Waals surface area contributed by atoms with Crippen LogP contribution < -0.4 is 0 Å². The SMILES string of the molecule is Cc1ccc(-c2n[nH]c3c2C(c2ccc(Cl)cc2Cl)N(CC2CCCO2)C3=O)cc1. The van der Waals surface area contributed by atoms with Crippen LogP contribution >= 0.6 is 23.2 Å². The van der Waals surface area contributed by atoms with Crippen LogP contribution in [0, 0.1) is 6.92 Å². The van der Waals surface area contributed by atoms with Crippen molar-refractivity contribution in [1.29, 1.82) is 0 Å². The Bertz CT molecular complexity index is 1100. The first-order valence-electron chi connectivity index (χ1n) is 10.1. The Morgan fingerprint density at radius 2 is 2.00 bits per heavy atom. The zero-order chi connectivity index (χ0) is 20.8. The van der Waals surface area contributed by atoms with E-state index in [4.69, 9.17) is 27.9 Å². The summed E-state index contributed by atoms with van der Waals surface area (Å²) < 4.78 is 5.83. The molecule has 1 fully saturated rings. The predicted octanol–water partition coefficient (Wildman–Crippen LogP) is 5.42. The molecule has 1 aromatic heterocycles. The number of hydrogen-bond donors (Lipinski definition) is 1. The number of halogens is 2. The third kappa shape index (κ3) is 3.31. The van der Waals surface area contributed by atoms with Crippen LogP contribution in [0.15, 0.2) is 42.5 Å². The maximum atomic E-state index is 13.4. The minimum atomic E-state index is -0.350. The van der Waals surface area contributed by atoms with Gasteiger partial charge in [-0.2, -0.15) is 5.10 Å². The number of carbonyl (C=O) groups excluding carboxylic acids is 1. The quantitative estimate of drug-likeness (QED) is 0.588. The molecule has 1 N–H and O–H groups in total. The molecule has 2 unspecified atom stereocenters. The summed E-state index contributed by atoms with van der Waals surface area (Å²) in [5, 5.41) is 8.58. The number of aromatic nitrogens is 2. The standard InChI is InChI=1S/C23H21Cl2N3O2/c1-13-4-6-14(7-5-13)20-19-21(27-26-20)23(29)28(12-16-3-2-10-30-16)22(19)17-9-8-15(24)11-18(17)25/h4-9,11,16,22H,2-3,10,12H2,1H3,(H,26,27). The fourth-order valence-electron chi connectivity index (χ4n) is 4.37. The molecule has 0 aliphatic carbocycles. The lowest BCUT2D eigenvalue weighted by Gasteiger charge is -2.29. The van der Waals surface area contributed by atoms with Crippen LogP contribution in [0.4, 0.5) is 0 Å². The maximum absolute atomic E-state index is 13.4. The van der Waals surface area contributed by atoms with E-state index in [2.05, 4.69) is 10.2 Å². The summed E-state index contributed by atoms with van der Waals surface area (Å²) in [6.07, 6.45) is 1.99. The van der Waals surface area contributed by atoms with E-state index in [-0.39, 0.29) is 18.1 Å². The van der Waals surface area contributed by atoms with E-state index < -0.39 is 0 Å². The predicted molar refractivity (Wildman–Crippen MR) is 117 cm³/mol. The second-order valence-corrected chi connectivity index (χ2v) is 8.73. The van der Waals surface area contributed by atoms with Crippen molar-refractivity contribution in [1.82, 2.24) is 15.1 Å². The number of fused-ring (bicyclic) bond motifs is 1. The van der Waals surface area contributed by atoms with Crippen molar-refractivity contribution < 1.29 is 9.53 Å². The van der Waals surface area contributed by atoms with Crippen molar-refractivity contribution >= 4 is 29.1 Å². The van der Waals surface area contributed by atoms with Crippen molar-refractivity contribution in [2.75, 3.05) is 13.2 Å². The molecule has 5 rings (SSSR count). The van der Waals surface area contributed by atoms with Crippen molar-refractivity contribution in [2.24, 2.45) is 0 Å². The number of nitrogens with one attached hydrogen (secondary N) is 1. The highest BCUT2D eigenvalue weighted by Gasteiger charge is 2.44. The van der Waals surface area contributed by atoms with Gasteiger partial charge < -0.3 is 9.64 Å². The number of aryl methyl sites for hydroxylation is 1. The van der Waals surface area contributed by atoms with Gasteiger partial charge >= 0.3 is 0 Å². The van der Waals surface area contributed by atoms with Gasteiger partial charge in [0.05, 0.1) is 17.8 Å². The molecule has 3 aromatic rings. The lowest BCUT2D eigenvalue weighted by Crippen LogP contribution is -2.36. The molecule has 0 spiro atoms. The molecule has 2 aromatic carbocycles. The van der Waals surface area contributed by atoms with Gasteiger partial charge in [0.2, 0.25) is 0 Å². The van der Waals surface area contributed by atoms with Gasteiger partial charge in [0.15, 0.2) is 0 Å². The topological polar surface area (TPSA) is 58.2 Å². The zero-order valence-electron chi connectivity index (χ0n) is 16.5. The molecule has 7 heteroatoms. The Hall–Kier alpha value is -2.34. The number of aromatic amines is 1. The minimum absolute atomic E-state index is 0.0299. The Morgan fingerprint density at radius 3 is 2.70 bits per heavy atom. The Labute approximate surface area is 184 Å². The van der Waals surface area contributed by atoms with Crippen LogP contribution in [0.5, 0.6) is 0 Å². The number of nitrogens with zero attached hydrogens (tertiary/aromatic N) is 2. The first kappa shape index (κ1) is 19.6. The fourth-order valence-corrected chi connectivity index (χ4v) is 4.88. The van der Waals surface area contributed by atoms with Crippen LogP contribution in [0.3, 0.4) is 0 Å². The fraction of sp³-hybridized carbons (Fsp3) is 0.304. The van der Waals surface area contributed by atoms with Crippen molar-refractivity contribution in [3.8, 4) is 11.3 Å². The number of amides is 1. The van der Waals surface area contributed by atoms with E-state index >= 15 is 0 Å². The summed E-state index contributed by atoms with van der Waals surface area (Å²) in [5.41, 5.74) is 5.09. The van der Waals surface area contributed by atoms with Crippen LogP contribution in [0.1, 0.15) is 46.1 Å². The molecule has 0 bridgehead atoms. The monoisotopic (exact) mass is 441 g/mol. The lowest BCUT2D eigenvalue weighted by molar-refractivity contribution is 0.0495. The second-order valence-electron chi connectivity index (χ2n) is 7.89. The van der Waals surface area contributed by atoms with E-state index in [9.17, 15) is 4.79 Å². The van der Waals surface area contributed by atoms with Crippen LogP contribution in [-0.2, 0) is 4.74 Å². The van der Waals surface area contributed by atoms with E-state index in [1.54, 1.807) is 12.1 Å². The van der Waals surface area contributed by atoms with Gasteiger partial charge in [-0.3, -0.25) is 9.89 Å². The lowest BCUT2D eigenvalue weighted by atomic mass is 9.95. The first-order valence-corrected chi connectivity index (χ1v) is 10.8. The Morgan fingerprint density at radius 1 is 1.20 bits per heavy atom. The normalized spacial score (nSPS) is 20.8. The highest BCUT2D eigenvalue weighted by atomic mass is 35.5. The summed E-state index contributed by atoms with van der Waals surface area (Å²) in [6.45, 7) is 3.29. The van der Waals surface area contributed by atoms with E-state index in [1.807, 2.05) is 42.2 Å². The van der Waals surface area contributed by atoms with E-state index in [0.717, 1.165) is 41.8 Å². The minimum Gasteiger partial charge on any atom is -0.376 e. The molecular formula is C23H21Cl2N3O2. The molecule has 2 atom stereocenters. The molecular weight excluding hydrogens is 421 g/mol. The molecule has 0 radical (unpaired) electrons. The van der Waals surface area contributed by atoms with Crippen molar-refractivity contribution in [3.05, 3.63) is 74.9 Å². The van der Waals surface area contributed by atoms with Crippen LogP contribution in [0.25, 0.3) is 11.3 Å². The highest BCUT2D eigenvalue weighted by Crippen LogP contribution is 2.45. The van der Waals surface area contributed by atoms with E-state index in [1.165, 1.54) is 5.56 Å². The zero-order valence-corrected chi connectivity index (χ0v) is 18.0. The third-order valence-electron chi connectivity index (χ3n) is 5.87. The average molecular weight is 442 g/mol. The number of ether oxygens (including phenoxy) is 1. The summed E-state index contributed by atoms with van der Waals surface area (Å²) >= 11 is 12.8. The smallest absolute Gasteiger partial charge is 0.273 e. The van der Waals surface area contributed by atoms with Gasteiger partial charge in [0, 0.05) is 34.3 Å². The molecule has 154 valence electrons. The average Bonchev–Trinajstić information content (AvgIpc) is 3.44. The van der Waals surface area contributed by atoms with Gasteiger partial charge in [-0.25, -0.2) is 0 Å². The molecule has 2 aliphatic rings. The maximum Gasteiger partial charge on any atom is 0.273 e. The summed E-state index contributed by atoms with van der Waals surface area (Å²) in [7, 11) is 0. The van der Waals surface area contributed by atoms with E-state index in [0.29, 0.717) is 22.3 Å². The van der Waals surface area contributed by atoms with Gasteiger partial charge in [-0.05, 0) is 37.5 Å². The number of H-pyrrole nitrogens is 1.